The molecule has 1 saturated heterocycles. The van der Waals surface area contributed by atoms with Gasteiger partial charge in [0.25, 0.3) is 0 Å². The molecule has 1 N–H and O–H groups in total. The van der Waals surface area contributed by atoms with Crippen LogP contribution in [0.1, 0.15) is 16.8 Å². The standard InChI is InChI=1S/C12H12Cl2O5/c13-8-2-1-7(12(15)16)10(14)11(8)19-4-3-9-17-5-6-18-9/h1-2,9H,3-6H2,(H,15,16). The number of hydrogen-bond acceptors (Lipinski definition) is 4. The number of carboxylic acid groups (broad SMARTS) is 1. The van der Waals surface area contributed by atoms with Gasteiger partial charge in [0.05, 0.1) is 35.4 Å². The van der Waals surface area contributed by atoms with Gasteiger partial charge in [-0.2, -0.15) is 0 Å². The number of aromatic carboxylic acids is 1. The molecule has 0 amide bonds. The van der Waals surface area contributed by atoms with Gasteiger partial charge in [-0.3, -0.25) is 0 Å². The summed E-state index contributed by atoms with van der Waals surface area (Å²) in [7, 11) is 0. The molecule has 1 aromatic carbocycles. The zero-order chi connectivity index (χ0) is 13.8. The highest BCUT2D eigenvalue weighted by Crippen LogP contribution is 2.35. The van der Waals surface area contributed by atoms with Gasteiger partial charge in [-0.25, -0.2) is 4.79 Å². The number of rotatable bonds is 5. The van der Waals surface area contributed by atoms with Crippen molar-refractivity contribution in [2.24, 2.45) is 0 Å². The van der Waals surface area contributed by atoms with Crippen LogP contribution < -0.4 is 4.74 Å². The Labute approximate surface area is 120 Å². The Kier molecular flexibility index (Phi) is 4.87. The van der Waals surface area contributed by atoms with Crippen LogP contribution in [0.4, 0.5) is 0 Å². The molecule has 0 radical (unpaired) electrons. The number of hydrogen-bond donors (Lipinski definition) is 1. The zero-order valence-corrected chi connectivity index (χ0v) is 11.4. The summed E-state index contributed by atoms with van der Waals surface area (Å²) in [6.45, 7) is 1.41. The van der Waals surface area contributed by atoms with E-state index >= 15 is 0 Å². The van der Waals surface area contributed by atoms with Gasteiger partial charge in [0, 0.05) is 6.42 Å². The van der Waals surface area contributed by atoms with Gasteiger partial charge in [0.1, 0.15) is 0 Å². The highest BCUT2D eigenvalue weighted by atomic mass is 35.5. The topological polar surface area (TPSA) is 65.0 Å². The zero-order valence-electron chi connectivity index (χ0n) is 9.90. The van der Waals surface area contributed by atoms with E-state index in [0.717, 1.165) is 0 Å². The molecule has 2 rings (SSSR count). The average molecular weight is 307 g/mol. The van der Waals surface area contributed by atoms with Crippen LogP contribution in [-0.4, -0.2) is 37.2 Å². The van der Waals surface area contributed by atoms with Crippen LogP contribution >= 0.6 is 23.2 Å². The summed E-state index contributed by atoms with van der Waals surface area (Å²) in [6, 6.07) is 2.78. The third kappa shape index (κ3) is 3.51. The monoisotopic (exact) mass is 306 g/mol. The Bertz CT molecular complexity index is 471. The SMILES string of the molecule is O=C(O)c1ccc(Cl)c(OCCC2OCCO2)c1Cl. The van der Waals surface area contributed by atoms with Crippen molar-refractivity contribution in [3.63, 3.8) is 0 Å². The van der Waals surface area contributed by atoms with Gasteiger partial charge in [-0.05, 0) is 12.1 Å². The maximum absolute atomic E-state index is 10.9. The number of halogens is 2. The van der Waals surface area contributed by atoms with E-state index in [1.807, 2.05) is 0 Å². The molecule has 1 fully saturated rings. The van der Waals surface area contributed by atoms with Crippen LogP contribution in [0.15, 0.2) is 12.1 Å². The van der Waals surface area contributed by atoms with Crippen molar-refractivity contribution in [1.29, 1.82) is 0 Å². The molecule has 0 atom stereocenters. The third-order valence-corrected chi connectivity index (χ3v) is 3.24. The molecule has 0 aliphatic carbocycles. The molecule has 7 heteroatoms. The minimum absolute atomic E-state index is 0.00624. The summed E-state index contributed by atoms with van der Waals surface area (Å²) < 4.78 is 15.9. The smallest absolute Gasteiger partial charge is 0.337 e. The fourth-order valence-electron chi connectivity index (χ4n) is 1.66. The lowest BCUT2D eigenvalue weighted by atomic mass is 10.2. The molecule has 1 aliphatic rings. The van der Waals surface area contributed by atoms with E-state index in [0.29, 0.717) is 19.6 Å². The summed E-state index contributed by atoms with van der Waals surface area (Å²) in [4.78, 5) is 10.9. The molecule has 0 saturated carbocycles. The molecule has 0 spiro atoms. The van der Waals surface area contributed by atoms with Gasteiger partial charge in [0.15, 0.2) is 12.0 Å². The first-order valence-electron chi connectivity index (χ1n) is 5.67. The van der Waals surface area contributed by atoms with Crippen LogP contribution in [0.5, 0.6) is 5.75 Å². The Morgan fingerprint density at radius 2 is 2.05 bits per heavy atom. The van der Waals surface area contributed by atoms with Gasteiger partial charge >= 0.3 is 5.97 Å². The third-order valence-electron chi connectivity index (χ3n) is 2.57. The molecule has 19 heavy (non-hydrogen) atoms. The summed E-state index contributed by atoms with van der Waals surface area (Å²) >= 11 is 11.9. The summed E-state index contributed by atoms with van der Waals surface area (Å²) in [5.41, 5.74) is -0.0468. The van der Waals surface area contributed by atoms with Crippen LogP contribution in [-0.2, 0) is 9.47 Å². The van der Waals surface area contributed by atoms with E-state index < -0.39 is 5.97 Å². The number of benzene rings is 1. The Morgan fingerprint density at radius 3 is 2.68 bits per heavy atom. The van der Waals surface area contributed by atoms with Crippen molar-refractivity contribution in [2.45, 2.75) is 12.7 Å². The number of carbonyl (C=O) groups is 1. The molecule has 0 bridgehead atoms. The van der Waals surface area contributed by atoms with E-state index in [9.17, 15) is 4.79 Å². The van der Waals surface area contributed by atoms with E-state index in [1.165, 1.54) is 12.1 Å². The van der Waals surface area contributed by atoms with Gasteiger partial charge in [-0.1, -0.05) is 23.2 Å². The minimum Gasteiger partial charge on any atom is -0.490 e. The second kappa shape index (κ2) is 6.43. The highest BCUT2D eigenvalue weighted by molar-refractivity contribution is 6.39. The van der Waals surface area contributed by atoms with Crippen LogP contribution in [0.25, 0.3) is 0 Å². The predicted octanol–water partition coefficient (Wildman–Crippen LogP) is 2.83. The van der Waals surface area contributed by atoms with Crippen molar-refractivity contribution in [3.05, 3.63) is 27.7 Å². The first-order valence-corrected chi connectivity index (χ1v) is 6.42. The van der Waals surface area contributed by atoms with E-state index in [4.69, 9.17) is 42.5 Å². The van der Waals surface area contributed by atoms with Crippen molar-refractivity contribution in [1.82, 2.24) is 0 Å². The van der Waals surface area contributed by atoms with Gasteiger partial charge < -0.3 is 19.3 Å². The van der Waals surface area contributed by atoms with Crippen molar-refractivity contribution >= 4 is 29.2 Å². The fraction of sp³-hybridized carbons (Fsp3) is 0.417. The van der Waals surface area contributed by atoms with E-state index in [-0.39, 0.29) is 34.3 Å². The summed E-state index contributed by atoms with van der Waals surface area (Å²) in [5.74, 6) is -0.963. The van der Waals surface area contributed by atoms with Crippen molar-refractivity contribution < 1.29 is 24.1 Å². The van der Waals surface area contributed by atoms with Gasteiger partial charge in [-0.15, -0.1) is 0 Å². The first-order chi connectivity index (χ1) is 9.09. The Balaban J connectivity index is 2.02. The lowest BCUT2D eigenvalue weighted by Gasteiger charge is -2.13. The second-order valence-corrected chi connectivity index (χ2v) is 4.64. The molecule has 0 unspecified atom stereocenters. The highest BCUT2D eigenvalue weighted by Gasteiger charge is 2.19. The van der Waals surface area contributed by atoms with E-state index in [1.54, 1.807) is 0 Å². The maximum Gasteiger partial charge on any atom is 0.337 e. The predicted molar refractivity (Wildman–Crippen MR) is 69.2 cm³/mol. The molecule has 1 aromatic rings. The lowest BCUT2D eigenvalue weighted by Crippen LogP contribution is -2.13. The van der Waals surface area contributed by atoms with Crippen molar-refractivity contribution in [3.8, 4) is 5.75 Å². The Morgan fingerprint density at radius 1 is 1.37 bits per heavy atom. The summed E-state index contributed by atoms with van der Waals surface area (Å²) in [6.07, 6.45) is 0.226. The molecule has 104 valence electrons. The molecule has 1 heterocycles. The molecule has 1 aliphatic heterocycles. The Hall–Kier alpha value is -1.01. The largest absolute Gasteiger partial charge is 0.490 e. The van der Waals surface area contributed by atoms with Crippen LogP contribution in [0.3, 0.4) is 0 Å². The quantitative estimate of drug-likeness (QED) is 0.906. The maximum atomic E-state index is 10.9. The number of ether oxygens (including phenoxy) is 3. The van der Waals surface area contributed by atoms with E-state index in [2.05, 4.69) is 0 Å². The summed E-state index contributed by atoms with van der Waals surface area (Å²) in [5, 5.41) is 9.22. The van der Waals surface area contributed by atoms with Gasteiger partial charge in [0.2, 0.25) is 0 Å². The van der Waals surface area contributed by atoms with Crippen molar-refractivity contribution in [2.75, 3.05) is 19.8 Å². The number of carboxylic acids is 1. The molecular formula is C12H12Cl2O5. The normalized spacial score (nSPS) is 15.7. The lowest BCUT2D eigenvalue weighted by molar-refractivity contribution is -0.0531. The van der Waals surface area contributed by atoms with Crippen LogP contribution in [0, 0.1) is 0 Å². The average Bonchev–Trinajstić information content (AvgIpc) is 2.86. The fourth-order valence-corrected chi connectivity index (χ4v) is 2.22. The minimum atomic E-state index is -1.13. The molecule has 0 aromatic heterocycles. The first kappa shape index (κ1) is 14.4. The molecular weight excluding hydrogens is 295 g/mol. The second-order valence-electron chi connectivity index (χ2n) is 3.85. The van der Waals surface area contributed by atoms with Crippen LogP contribution in [0.2, 0.25) is 10.0 Å². The molecule has 5 nitrogen and oxygen atoms in total.